The van der Waals surface area contributed by atoms with Gasteiger partial charge in [0.1, 0.15) is 0 Å². The molecule has 2 N–H and O–H groups in total. The summed E-state index contributed by atoms with van der Waals surface area (Å²) in [6, 6.07) is 9.56. The fourth-order valence-corrected chi connectivity index (χ4v) is 2.14. The lowest BCUT2D eigenvalue weighted by atomic mass is 10.1. The molecule has 1 heterocycles. The summed E-state index contributed by atoms with van der Waals surface area (Å²) in [6.07, 6.45) is 0.807. The maximum atomic E-state index is 11.6. The van der Waals surface area contributed by atoms with Crippen molar-refractivity contribution in [3.05, 3.63) is 52.8 Å². The maximum absolute atomic E-state index is 11.6. The lowest BCUT2D eigenvalue weighted by molar-refractivity contribution is 0.0963. The molecule has 5 nitrogen and oxygen atoms in total. The van der Waals surface area contributed by atoms with Gasteiger partial charge in [-0.2, -0.15) is 0 Å². The molecule has 0 bridgehead atoms. The molecule has 21 heavy (non-hydrogen) atoms. The van der Waals surface area contributed by atoms with E-state index in [1.54, 1.807) is 7.05 Å². The van der Waals surface area contributed by atoms with Crippen molar-refractivity contribution >= 4 is 11.9 Å². The van der Waals surface area contributed by atoms with Crippen LogP contribution in [0.2, 0.25) is 0 Å². The van der Waals surface area contributed by atoms with E-state index in [1.165, 1.54) is 0 Å². The van der Waals surface area contributed by atoms with Gasteiger partial charge in [0.15, 0.2) is 0 Å². The van der Waals surface area contributed by atoms with Crippen LogP contribution in [0.4, 0.5) is 5.95 Å². The number of benzene rings is 1. The van der Waals surface area contributed by atoms with E-state index in [-0.39, 0.29) is 5.91 Å². The SMILES string of the molecule is CNC(=O)c1cccc(CCNc2nc(C)cc(C)n2)c1. The van der Waals surface area contributed by atoms with Crippen LogP contribution in [-0.2, 0) is 6.42 Å². The monoisotopic (exact) mass is 284 g/mol. The highest BCUT2D eigenvalue weighted by molar-refractivity contribution is 5.94. The first-order chi connectivity index (χ1) is 10.1. The summed E-state index contributed by atoms with van der Waals surface area (Å²) >= 11 is 0. The van der Waals surface area contributed by atoms with E-state index in [9.17, 15) is 4.79 Å². The van der Waals surface area contributed by atoms with Crippen LogP contribution in [0.15, 0.2) is 30.3 Å². The lowest BCUT2D eigenvalue weighted by Crippen LogP contribution is -2.18. The van der Waals surface area contributed by atoms with E-state index >= 15 is 0 Å². The number of amides is 1. The third kappa shape index (κ3) is 4.27. The molecule has 0 aliphatic carbocycles. The van der Waals surface area contributed by atoms with Crippen LogP contribution in [0.3, 0.4) is 0 Å². The lowest BCUT2D eigenvalue weighted by Gasteiger charge is -2.07. The number of carbonyl (C=O) groups is 1. The van der Waals surface area contributed by atoms with E-state index in [4.69, 9.17) is 0 Å². The van der Waals surface area contributed by atoms with Gasteiger partial charge in [-0.1, -0.05) is 12.1 Å². The van der Waals surface area contributed by atoms with E-state index in [0.717, 1.165) is 29.9 Å². The Kier molecular flexibility index (Phi) is 4.87. The molecular formula is C16H20N4O. The van der Waals surface area contributed by atoms with Gasteiger partial charge in [0.05, 0.1) is 0 Å². The zero-order valence-corrected chi connectivity index (χ0v) is 12.6. The summed E-state index contributed by atoms with van der Waals surface area (Å²) in [7, 11) is 1.63. The molecular weight excluding hydrogens is 264 g/mol. The van der Waals surface area contributed by atoms with Gasteiger partial charge in [-0.3, -0.25) is 4.79 Å². The second-order valence-electron chi connectivity index (χ2n) is 4.93. The van der Waals surface area contributed by atoms with Crippen LogP contribution in [0.1, 0.15) is 27.3 Å². The average molecular weight is 284 g/mol. The van der Waals surface area contributed by atoms with Crippen LogP contribution in [-0.4, -0.2) is 29.5 Å². The smallest absolute Gasteiger partial charge is 0.251 e. The molecule has 0 radical (unpaired) electrons. The number of anilines is 1. The Labute approximate surface area is 124 Å². The molecule has 1 aromatic carbocycles. The fourth-order valence-electron chi connectivity index (χ4n) is 2.14. The second kappa shape index (κ2) is 6.83. The van der Waals surface area contributed by atoms with Crippen LogP contribution in [0.5, 0.6) is 0 Å². The van der Waals surface area contributed by atoms with Crippen molar-refractivity contribution in [1.29, 1.82) is 0 Å². The first-order valence-corrected chi connectivity index (χ1v) is 6.95. The van der Waals surface area contributed by atoms with Gasteiger partial charge in [-0.25, -0.2) is 9.97 Å². The highest BCUT2D eigenvalue weighted by Crippen LogP contribution is 2.07. The summed E-state index contributed by atoms with van der Waals surface area (Å²) in [5.41, 5.74) is 3.68. The molecule has 110 valence electrons. The molecule has 0 atom stereocenters. The molecule has 0 spiro atoms. The number of nitrogens with one attached hydrogen (secondary N) is 2. The van der Waals surface area contributed by atoms with Crippen molar-refractivity contribution in [2.75, 3.05) is 18.9 Å². The Bertz CT molecular complexity index is 620. The van der Waals surface area contributed by atoms with Gasteiger partial charge in [0.2, 0.25) is 5.95 Å². The number of carbonyl (C=O) groups excluding carboxylic acids is 1. The number of rotatable bonds is 5. The van der Waals surface area contributed by atoms with Crippen molar-refractivity contribution in [3.63, 3.8) is 0 Å². The Morgan fingerprint density at radius 3 is 2.52 bits per heavy atom. The molecule has 2 aromatic rings. The minimum atomic E-state index is -0.0672. The Morgan fingerprint density at radius 1 is 1.14 bits per heavy atom. The van der Waals surface area contributed by atoms with Crippen LogP contribution in [0, 0.1) is 13.8 Å². The molecule has 2 rings (SSSR count). The van der Waals surface area contributed by atoms with E-state index in [0.29, 0.717) is 11.5 Å². The molecule has 0 saturated carbocycles. The number of hydrogen-bond donors (Lipinski definition) is 2. The molecule has 0 aliphatic heterocycles. The summed E-state index contributed by atoms with van der Waals surface area (Å²) < 4.78 is 0. The Balaban J connectivity index is 1.95. The topological polar surface area (TPSA) is 66.9 Å². The predicted molar refractivity (Wildman–Crippen MR) is 83.5 cm³/mol. The summed E-state index contributed by atoms with van der Waals surface area (Å²) in [5, 5.41) is 5.84. The third-order valence-corrected chi connectivity index (χ3v) is 3.10. The van der Waals surface area contributed by atoms with Gasteiger partial charge in [-0.05, 0) is 44.0 Å². The van der Waals surface area contributed by atoms with E-state index < -0.39 is 0 Å². The molecule has 5 heteroatoms. The molecule has 0 aliphatic rings. The highest BCUT2D eigenvalue weighted by Gasteiger charge is 2.04. The van der Waals surface area contributed by atoms with Crippen molar-refractivity contribution in [1.82, 2.24) is 15.3 Å². The Morgan fingerprint density at radius 2 is 1.86 bits per heavy atom. The summed E-state index contributed by atoms with van der Waals surface area (Å²) in [6.45, 7) is 4.62. The molecule has 1 aromatic heterocycles. The zero-order chi connectivity index (χ0) is 15.2. The maximum Gasteiger partial charge on any atom is 0.251 e. The van der Waals surface area contributed by atoms with Crippen LogP contribution < -0.4 is 10.6 Å². The average Bonchev–Trinajstić information content (AvgIpc) is 2.46. The molecule has 0 unspecified atom stereocenters. The first-order valence-electron chi connectivity index (χ1n) is 6.95. The summed E-state index contributed by atoms with van der Waals surface area (Å²) in [4.78, 5) is 20.3. The van der Waals surface area contributed by atoms with E-state index in [2.05, 4.69) is 20.6 Å². The molecule has 1 amide bonds. The van der Waals surface area contributed by atoms with Crippen molar-refractivity contribution < 1.29 is 4.79 Å². The fraction of sp³-hybridized carbons (Fsp3) is 0.312. The second-order valence-corrected chi connectivity index (χ2v) is 4.93. The van der Waals surface area contributed by atoms with E-state index in [1.807, 2.05) is 44.2 Å². The standard InChI is InChI=1S/C16H20N4O/c1-11-9-12(2)20-16(19-11)18-8-7-13-5-4-6-14(10-13)15(21)17-3/h4-6,9-10H,7-8H2,1-3H3,(H,17,21)(H,18,19,20). The Hall–Kier alpha value is -2.43. The number of aryl methyl sites for hydroxylation is 2. The number of nitrogens with zero attached hydrogens (tertiary/aromatic N) is 2. The van der Waals surface area contributed by atoms with Crippen molar-refractivity contribution in [2.24, 2.45) is 0 Å². The van der Waals surface area contributed by atoms with Gasteiger partial charge in [0.25, 0.3) is 5.91 Å². The van der Waals surface area contributed by atoms with Crippen LogP contribution in [0.25, 0.3) is 0 Å². The molecule has 0 fully saturated rings. The first kappa shape index (κ1) is 15.0. The molecule has 0 saturated heterocycles. The largest absolute Gasteiger partial charge is 0.355 e. The third-order valence-electron chi connectivity index (χ3n) is 3.10. The van der Waals surface area contributed by atoms with Crippen molar-refractivity contribution in [3.8, 4) is 0 Å². The predicted octanol–water partition coefficient (Wildman–Crippen LogP) is 2.11. The minimum absolute atomic E-state index is 0.0672. The number of aromatic nitrogens is 2. The zero-order valence-electron chi connectivity index (χ0n) is 12.6. The van der Waals surface area contributed by atoms with Crippen LogP contribution >= 0.6 is 0 Å². The van der Waals surface area contributed by atoms with Gasteiger partial charge in [0, 0.05) is 30.5 Å². The summed E-state index contributed by atoms with van der Waals surface area (Å²) in [5.74, 6) is 0.581. The van der Waals surface area contributed by atoms with Gasteiger partial charge < -0.3 is 10.6 Å². The van der Waals surface area contributed by atoms with Gasteiger partial charge in [-0.15, -0.1) is 0 Å². The number of hydrogen-bond acceptors (Lipinski definition) is 4. The van der Waals surface area contributed by atoms with Gasteiger partial charge >= 0.3 is 0 Å². The van der Waals surface area contributed by atoms with Crippen molar-refractivity contribution in [2.45, 2.75) is 20.3 Å². The minimum Gasteiger partial charge on any atom is -0.355 e. The highest BCUT2D eigenvalue weighted by atomic mass is 16.1. The quantitative estimate of drug-likeness (QED) is 0.882. The normalized spacial score (nSPS) is 10.2.